The molecule has 1 aliphatic rings. The van der Waals surface area contributed by atoms with E-state index < -0.39 is 78.7 Å². The van der Waals surface area contributed by atoms with Crippen LogP contribution in [0.3, 0.4) is 0 Å². The summed E-state index contributed by atoms with van der Waals surface area (Å²) in [5.74, 6) is -2.34. The third kappa shape index (κ3) is 19.5. The molecule has 2 aromatic rings. The molecule has 3 rings (SSSR count). The lowest BCUT2D eigenvalue weighted by atomic mass is 9.91. The highest BCUT2D eigenvalue weighted by Crippen LogP contribution is 2.38. The lowest BCUT2D eigenvalue weighted by Crippen LogP contribution is -2.67. The SMILES string of the molecule is CCCCCCCCCCCCC/C=C/[C@@H](OC(=O)c1ccccc1)[C@H](CO[C@@]1(C=C=O)O[C@H](COOC(C)(C)C)[C@H](OOC(C)(C)C)[C@H](O)[C@H]1OC(=O)c1ccccc1)N=[N+]=[N-]. The number of carbonyl (C=O) groups excluding carboxylic acids is 3. The maximum atomic E-state index is 13.6. The van der Waals surface area contributed by atoms with Crippen molar-refractivity contribution < 1.29 is 58.0 Å². The van der Waals surface area contributed by atoms with Gasteiger partial charge in [-0.3, -0.25) is 0 Å². The highest BCUT2D eigenvalue weighted by Gasteiger charge is 2.59. The molecule has 0 radical (unpaired) electrons. The van der Waals surface area contributed by atoms with Crippen molar-refractivity contribution in [2.75, 3.05) is 13.2 Å². The Balaban J connectivity index is 1.94. The van der Waals surface area contributed by atoms with Gasteiger partial charge in [-0.2, -0.15) is 0 Å². The number of esters is 2. The number of rotatable bonds is 28. The van der Waals surface area contributed by atoms with Gasteiger partial charge in [-0.05, 0) is 90.3 Å². The molecule has 7 atom stereocenters. The lowest BCUT2D eigenvalue weighted by Gasteiger charge is -2.48. The number of hydrogen-bond acceptors (Lipinski definition) is 13. The van der Waals surface area contributed by atoms with Crippen molar-refractivity contribution in [3.63, 3.8) is 0 Å². The summed E-state index contributed by atoms with van der Waals surface area (Å²) in [6.45, 7) is 11.7. The van der Waals surface area contributed by atoms with Crippen LogP contribution < -0.4 is 0 Å². The standard InChI is InChI=1S/C48H69N3O12/c1-8-9-10-11-12-13-14-15-16-17-18-19-26-31-39(58-44(54)36-27-22-20-23-28-36)38(50-51-49)34-56-48(32-33-52)43(59-45(55)37-29-24-21-25-30-37)41(53)42(61-63-47(5,6)7)40(60-48)35-57-62-46(2,3)4/h20-32,38-43,53H,8-19,34-35H2,1-7H3/b31-26+/t38-,39+,40+,41-,42-,43+,48-/m0/s1. The fourth-order valence-electron chi connectivity index (χ4n) is 6.64. The molecular weight excluding hydrogens is 811 g/mol. The van der Waals surface area contributed by atoms with E-state index in [0.717, 1.165) is 25.3 Å². The zero-order chi connectivity index (χ0) is 46.1. The van der Waals surface area contributed by atoms with Gasteiger partial charge in [0.1, 0.15) is 36.9 Å². The highest BCUT2D eigenvalue weighted by molar-refractivity contribution is 5.90. The number of benzene rings is 2. The molecule has 0 aromatic heterocycles. The summed E-state index contributed by atoms with van der Waals surface area (Å²) >= 11 is 0. The van der Waals surface area contributed by atoms with Crippen LogP contribution in [-0.2, 0) is 43.3 Å². The molecule has 0 unspecified atom stereocenters. The summed E-state index contributed by atoms with van der Waals surface area (Å²) in [6, 6.07) is 15.0. The van der Waals surface area contributed by atoms with Gasteiger partial charge in [-0.1, -0.05) is 119 Å². The normalized spacial score (nSPS) is 21.2. The van der Waals surface area contributed by atoms with Crippen LogP contribution in [0.25, 0.3) is 10.4 Å². The molecule has 0 amide bonds. The first-order chi connectivity index (χ1) is 30.1. The minimum atomic E-state index is -2.42. The van der Waals surface area contributed by atoms with E-state index in [1.165, 1.54) is 63.5 Å². The van der Waals surface area contributed by atoms with Gasteiger partial charge in [-0.25, -0.2) is 33.9 Å². The van der Waals surface area contributed by atoms with Gasteiger partial charge in [0.25, 0.3) is 0 Å². The Bertz CT molecular complexity index is 1750. The molecule has 0 spiro atoms. The number of ether oxygens (including phenoxy) is 4. The van der Waals surface area contributed by atoms with Crippen LogP contribution in [-0.4, -0.2) is 89.8 Å². The summed E-state index contributed by atoms with van der Waals surface area (Å²) in [6.07, 6.45) is 10.6. The maximum absolute atomic E-state index is 13.6. The first-order valence-corrected chi connectivity index (χ1v) is 22.2. The molecular formula is C48H69N3O12. The minimum absolute atomic E-state index is 0.115. The molecule has 1 N–H and O–H groups in total. The van der Waals surface area contributed by atoms with Crippen LogP contribution in [0.5, 0.6) is 0 Å². The van der Waals surface area contributed by atoms with Gasteiger partial charge >= 0.3 is 11.9 Å². The summed E-state index contributed by atoms with van der Waals surface area (Å²) < 4.78 is 24.6. The van der Waals surface area contributed by atoms with Gasteiger partial charge in [0.2, 0.25) is 5.79 Å². The summed E-state index contributed by atoms with van der Waals surface area (Å²) in [7, 11) is 0. The topological polar surface area (TPSA) is 194 Å². The molecule has 15 heteroatoms. The van der Waals surface area contributed by atoms with Crippen molar-refractivity contribution in [3.8, 4) is 0 Å². The van der Waals surface area contributed by atoms with Gasteiger partial charge < -0.3 is 24.1 Å². The van der Waals surface area contributed by atoms with Crippen LogP contribution in [0.1, 0.15) is 146 Å². The van der Waals surface area contributed by atoms with E-state index in [0.29, 0.717) is 6.42 Å². The Morgan fingerprint density at radius 2 is 1.41 bits per heavy atom. The van der Waals surface area contributed by atoms with Crippen LogP contribution in [0.15, 0.2) is 84.0 Å². The molecule has 1 saturated heterocycles. The van der Waals surface area contributed by atoms with E-state index in [-0.39, 0.29) is 11.1 Å². The number of hydrogen-bond donors (Lipinski definition) is 1. The number of aliphatic hydroxyl groups is 1. The van der Waals surface area contributed by atoms with Crippen molar-refractivity contribution >= 4 is 17.9 Å². The predicted molar refractivity (Wildman–Crippen MR) is 237 cm³/mol. The van der Waals surface area contributed by atoms with E-state index in [9.17, 15) is 25.0 Å². The zero-order valence-electron chi connectivity index (χ0n) is 38.1. The van der Waals surface area contributed by atoms with Crippen LogP contribution in [0, 0.1) is 0 Å². The van der Waals surface area contributed by atoms with Crippen LogP contribution in [0.4, 0.5) is 0 Å². The van der Waals surface area contributed by atoms with Gasteiger partial charge in [0, 0.05) is 4.91 Å². The molecule has 348 valence electrons. The lowest BCUT2D eigenvalue weighted by molar-refractivity contribution is -0.445. The van der Waals surface area contributed by atoms with Gasteiger partial charge in [0.05, 0.1) is 35.0 Å². The molecule has 0 saturated carbocycles. The Kier molecular flexibility index (Phi) is 23.3. The molecule has 63 heavy (non-hydrogen) atoms. The van der Waals surface area contributed by atoms with E-state index in [1.807, 2.05) is 6.08 Å². The van der Waals surface area contributed by atoms with Gasteiger partial charge in [0.15, 0.2) is 12.2 Å². The Labute approximate surface area is 372 Å². The largest absolute Gasteiger partial charge is 0.454 e. The summed E-state index contributed by atoms with van der Waals surface area (Å²) in [4.78, 5) is 64.9. The molecule has 2 aromatic carbocycles. The van der Waals surface area contributed by atoms with Crippen molar-refractivity contribution in [2.24, 2.45) is 5.11 Å². The van der Waals surface area contributed by atoms with E-state index in [2.05, 4.69) is 16.9 Å². The Hall–Kier alpha value is -4.40. The quantitative estimate of drug-likeness (QED) is 0.00980. The fraction of sp³-hybridized carbons (Fsp3) is 0.625. The number of unbranched alkanes of at least 4 members (excludes halogenated alkanes) is 11. The molecule has 1 aliphatic heterocycles. The number of carbonyl (C=O) groups is 2. The molecule has 15 nitrogen and oxygen atoms in total. The Morgan fingerprint density at radius 1 is 0.857 bits per heavy atom. The maximum Gasteiger partial charge on any atom is 0.338 e. The number of allylic oxidation sites excluding steroid dienone is 1. The average Bonchev–Trinajstić information content (AvgIpc) is 3.24. The van der Waals surface area contributed by atoms with Crippen molar-refractivity contribution in [2.45, 2.75) is 179 Å². The molecule has 1 fully saturated rings. The second-order valence-electron chi connectivity index (χ2n) is 17.6. The van der Waals surface area contributed by atoms with Crippen molar-refractivity contribution in [1.29, 1.82) is 0 Å². The number of aliphatic hydroxyl groups excluding tert-OH is 1. The monoisotopic (exact) mass is 879 g/mol. The van der Waals surface area contributed by atoms with Crippen LogP contribution in [0.2, 0.25) is 0 Å². The van der Waals surface area contributed by atoms with E-state index in [1.54, 1.807) is 102 Å². The van der Waals surface area contributed by atoms with Gasteiger partial charge in [-0.15, -0.1) is 0 Å². The zero-order valence-corrected chi connectivity index (χ0v) is 38.1. The number of azide groups is 1. The van der Waals surface area contributed by atoms with Crippen molar-refractivity contribution in [1.82, 2.24) is 0 Å². The second-order valence-corrected chi connectivity index (χ2v) is 17.6. The summed E-state index contributed by atoms with van der Waals surface area (Å²) in [5.41, 5.74) is 8.54. The highest BCUT2D eigenvalue weighted by atomic mass is 17.2. The fourth-order valence-corrected chi connectivity index (χ4v) is 6.64. The molecule has 0 aliphatic carbocycles. The summed E-state index contributed by atoms with van der Waals surface area (Å²) in [5, 5.41) is 16.0. The Morgan fingerprint density at radius 3 is 1.95 bits per heavy atom. The second kappa shape index (κ2) is 27.7. The molecule has 0 bridgehead atoms. The van der Waals surface area contributed by atoms with E-state index >= 15 is 0 Å². The molecule has 1 heterocycles. The van der Waals surface area contributed by atoms with Crippen molar-refractivity contribution in [3.05, 3.63) is 100 Å². The third-order valence-electron chi connectivity index (χ3n) is 9.81. The predicted octanol–water partition coefficient (Wildman–Crippen LogP) is 10.1. The van der Waals surface area contributed by atoms with E-state index in [4.69, 9.17) is 38.5 Å². The minimum Gasteiger partial charge on any atom is -0.454 e. The number of nitrogens with zero attached hydrogens (tertiary/aromatic N) is 3. The average molecular weight is 880 g/mol. The smallest absolute Gasteiger partial charge is 0.338 e. The first-order valence-electron chi connectivity index (χ1n) is 22.2. The first kappa shape index (κ1) is 52.9. The third-order valence-corrected chi connectivity index (χ3v) is 9.81. The van der Waals surface area contributed by atoms with Crippen LogP contribution >= 0.6 is 0 Å².